The Hall–Kier alpha value is -3.10. The van der Waals surface area contributed by atoms with Crippen molar-refractivity contribution in [2.45, 2.75) is 45.1 Å². The quantitative estimate of drug-likeness (QED) is 0.587. The Morgan fingerprint density at radius 2 is 1.81 bits per heavy atom. The van der Waals surface area contributed by atoms with E-state index in [0.717, 1.165) is 25.9 Å². The van der Waals surface area contributed by atoms with Gasteiger partial charge in [-0.1, -0.05) is 6.92 Å². The van der Waals surface area contributed by atoms with Crippen molar-refractivity contribution in [2.24, 2.45) is 0 Å². The fourth-order valence-electron chi connectivity index (χ4n) is 3.94. The SMILES string of the molecule is CCCOC(=O)CC1C(=O)NCCN1C(=O)CNc1ccc(C(=O)N2CCCCC2)cc1. The first-order valence-corrected chi connectivity index (χ1v) is 11.4. The summed E-state index contributed by atoms with van der Waals surface area (Å²) in [5.41, 5.74) is 1.33. The molecule has 2 fully saturated rings. The fraction of sp³-hybridized carbons (Fsp3) is 0.565. The van der Waals surface area contributed by atoms with Crippen LogP contribution in [-0.2, 0) is 19.1 Å². The number of nitrogens with zero attached hydrogens (tertiary/aromatic N) is 2. The van der Waals surface area contributed by atoms with E-state index in [1.165, 1.54) is 11.3 Å². The van der Waals surface area contributed by atoms with Crippen molar-refractivity contribution in [3.8, 4) is 0 Å². The molecule has 1 aromatic carbocycles. The summed E-state index contributed by atoms with van der Waals surface area (Å²) >= 11 is 0. The molecule has 174 valence electrons. The third kappa shape index (κ3) is 6.21. The molecule has 32 heavy (non-hydrogen) atoms. The number of hydrogen-bond donors (Lipinski definition) is 2. The lowest BCUT2D eigenvalue weighted by molar-refractivity contribution is -0.151. The molecule has 1 atom stereocenters. The van der Waals surface area contributed by atoms with Crippen LogP contribution in [0.15, 0.2) is 24.3 Å². The Bertz CT molecular complexity index is 820. The summed E-state index contributed by atoms with van der Waals surface area (Å²) in [5.74, 6) is -1.08. The molecule has 9 heteroatoms. The van der Waals surface area contributed by atoms with Gasteiger partial charge < -0.3 is 25.2 Å². The highest BCUT2D eigenvalue weighted by Gasteiger charge is 2.34. The lowest BCUT2D eigenvalue weighted by Crippen LogP contribution is -2.58. The van der Waals surface area contributed by atoms with Crippen LogP contribution in [0.2, 0.25) is 0 Å². The average Bonchev–Trinajstić information content (AvgIpc) is 2.83. The number of carbonyl (C=O) groups excluding carboxylic acids is 4. The lowest BCUT2D eigenvalue weighted by Gasteiger charge is -2.34. The van der Waals surface area contributed by atoms with Gasteiger partial charge in [-0.25, -0.2) is 0 Å². The molecular formula is C23H32N4O5. The van der Waals surface area contributed by atoms with Gasteiger partial charge in [0.25, 0.3) is 5.91 Å². The Labute approximate surface area is 188 Å². The van der Waals surface area contributed by atoms with Crippen LogP contribution < -0.4 is 10.6 Å². The third-order valence-electron chi connectivity index (χ3n) is 5.70. The molecule has 2 aliphatic heterocycles. The van der Waals surface area contributed by atoms with Gasteiger partial charge in [-0.3, -0.25) is 19.2 Å². The Kier molecular flexibility index (Phi) is 8.47. The summed E-state index contributed by atoms with van der Waals surface area (Å²) in [6.45, 7) is 4.43. The Balaban J connectivity index is 1.54. The number of piperazine rings is 1. The molecule has 1 aromatic rings. The summed E-state index contributed by atoms with van der Waals surface area (Å²) in [5, 5.41) is 5.75. The van der Waals surface area contributed by atoms with Crippen LogP contribution in [0.1, 0.15) is 49.4 Å². The molecular weight excluding hydrogens is 412 g/mol. The molecule has 0 saturated carbocycles. The van der Waals surface area contributed by atoms with E-state index in [1.54, 1.807) is 24.3 Å². The minimum absolute atomic E-state index is 0.0206. The van der Waals surface area contributed by atoms with E-state index in [1.807, 2.05) is 11.8 Å². The molecule has 9 nitrogen and oxygen atoms in total. The number of anilines is 1. The second-order valence-corrected chi connectivity index (χ2v) is 8.10. The molecule has 2 saturated heterocycles. The van der Waals surface area contributed by atoms with Gasteiger partial charge in [-0.2, -0.15) is 0 Å². The standard InChI is InChI=1S/C23H32N4O5/c1-2-14-32-21(29)15-19-22(30)24-10-13-27(19)20(28)16-25-18-8-6-17(7-9-18)23(31)26-11-4-3-5-12-26/h6-9,19,25H,2-5,10-16H2,1H3,(H,24,30). The van der Waals surface area contributed by atoms with Crippen molar-refractivity contribution >= 4 is 29.4 Å². The highest BCUT2D eigenvalue weighted by atomic mass is 16.5. The molecule has 2 heterocycles. The highest BCUT2D eigenvalue weighted by Crippen LogP contribution is 2.16. The monoisotopic (exact) mass is 444 g/mol. The minimum atomic E-state index is -0.869. The first-order chi connectivity index (χ1) is 15.5. The molecule has 0 bridgehead atoms. The predicted molar refractivity (Wildman–Crippen MR) is 119 cm³/mol. The fourth-order valence-corrected chi connectivity index (χ4v) is 3.94. The maximum Gasteiger partial charge on any atom is 0.308 e. The van der Waals surface area contributed by atoms with Crippen molar-refractivity contribution < 1.29 is 23.9 Å². The smallest absolute Gasteiger partial charge is 0.308 e. The molecule has 0 aromatic heterocycles. The van der Waals surface area contributed by atoms with Gasteiger partial charge in [0.1, 0.15) is 6.04 Å². The van der Waals surface area contributed by atoms with Crippen molar-refractivity contribution in [1.82, 2.24) is 15.1 Å². The van der Waals surface area contributed by atoms with Gasteiger partial charge >= 0.3 is 5.97 Å². The van der Waals surface area contributed by atoms with E-state index in [-0.39, 0.29) is 30.7 Å². The first kappa shape index (κ1) is 23.6. The number of rotatable bonds is 8. The van der Waals surface area contributed by atoms with Gasteiger partial charge in [0, 0.05) is 37.4 Å². The van der Waals surface area contributed by atoms with Gasteiger partial charge in [0.05, 0.1) is 19.6 Å². The van der Waals surface area contributed by atoms with Crippen molar-refractivity contribution in [1.29, 1.82) is 0 Å². The molecule has 3 amide bonds. The second kappa shape index (κ2) is 11.5. The van der Waals surface area contributed by atoms with Crippen molar-refractivity contribution in [2.75, 3.05) is 44.6 Å². The van der Waals surface area contributed by atoms with Crippen LogP contribution in [0.5, 0.6) is 0 Å². The number of piperidine rings is 1. The van der Waals surface area contributed by atoms with E-state index >= 15 is 0 Å². The average molecular weight is 445 g/mol. The summed E-state index contributed by atoms with van der Waals surface area (Å²) in [6.07, 6.45) is 3.78. The summed E-state index contributed by atoms with van der Waals surface area (Å²) in [4.78, 5) is 52.9. The molecule has 0 radical (unpaired) electrons. The third-order valence-corrected chi connectivity index (χ3v) is 5.70. The number of nitrogens with one attached hydrogen (secondary N) is 2. The maximum atomic E-state index is 12.8. The van der Waals surface area contributed by atoms with Gasteiger partial charge in [0.2, 0.25) is 11.8 Å². The molecule has 2 N–H and O–H groups in total. The van der Waals surface area contributed by atoms with E-state index in [4.69, 9.17) is 4.74 Å². The number of benzene rings is 1. The first-order valence-electron chi connectivity index (χ1n) is 11.4. The van der Waals surface area contributed by atoms with Gasteiger partial charge in [-0.15, -0.1) is 0 Å². The zero-order chi connectivity index (χ0) is 22.9. The molecule has 0 spiro atoms. The number of ether oxygens (including phenoxy) is 1. The predicted octanol–water partition coefficient (Wildman–Crippen LogP) is 1.39. The minimum Gasteiger partial charge on any atom is -0.466 e. The summed E-state index contributed by atoms with van der Waals surface area (Å²) < 4.78 is 5.07. The van der Waals surface area contributed by atoms with Crippen LogP contribution in [0.25, 0.3) is 0 Å². The largest absolute Gasteiger partial charge is 0.466 e. The van der Waals surface area contributed by atoms with E-state index < -0.39 is 12.0 Å². The topological polar surface area (TPSA) is 108 Å². The molecule has 3 rings (SSSR count). The van der Waals surface area contributed by atoms with Crippen molar-refractivity contribution in [3.63, 3.8) is 0 Å². The van der Waals surface area contributed by atoms with Crippen LogP contribution in [-0.4, -0.2) is 78.9 Å². The second-order valence-electron chi connectivity index (χ2n) is 8.10. The normalized spacial score (nSPS) is 18.7. The van der Waals surface area contributed by atoms with Crippen LogP contribution in [0.3, 0.4) is 0 Å². The maximum absolute atomic E-state index is 12.8. The van der Waals surface area contributed by atoms with E-state index in [2.05, 4.69) is 10.6 Å². The number of amides is 3. The Morgan fingerprint density at radius 3 is 2.50 bits per heavy atom. The zero-order valence-corrected chi connectivity index (χ0v) is 18.6. The lowest BCUT2D eigenvalue weighted by atomic mass is 10.1. The van der Waals surface area contributed by atoms with Crippen LogP contribution in [0.4, 0.5) is 5.69 Å². The van der Waals surface area contributed by atoms with E-state index in [9.17, 15) is 19.2 Å². The summed E-state index contributed by atoms with van der Waals surface area (Å²) in [7, 11) is 0. The molecule has 2 aliphatic rings. The van der Waals surface area contributed by atoms with Gasteiger partial charge in [-0.05, 0) is 49.9 Å². The molecule has 1 unspecified atom stereocenters. The van der Waals surface area contributed by atoms with Gasteiger partial charge in [0.15, 0.2) is 0 Å². The molecule has 0 aliphatic carbocycles. The van der Waals surface area contributed by atoms with Crippen LogP contribution in [0, 0.1) is 0 Å². The zero-order valence-electron chi connectivity index (χ0n) is 18.6. The number of esters is 1. The summed E-state index contributed by atoms with van der Waals surface area (Å²) in [6, 6.07) is 6.18. The number of carbonyl (C=O) groups is 4. The highest BCUT2D eigenvalue weighted by molar-refractivity contribution is 5.95. The van der Waals surface area contributed by atoms with E-state index in [0.29, 0.717) is 37.4 Å². The Morgan fingerprint density at radius 1 is 1.09 bits per heavy atom. The number of hydrogen-bond acceptors (Lipinski definition) is 6. The van der Waals surface area contributed by atoms with Crippen LogP contribution >= 0.6 is 0 Å². The van der Waals surface area contributed by atoms with Crippen molar-refractivity contribution in [3.05, 3.63) is 29.8 Å². The number of likely N-dealkylation sites (tertiary alicyclic amines) is 1.